The van der Waals surface area contributed by atoms with Crippen LogP contribution in [-0.4, -0.2) is 19.6 Å². The van der Waals surface area contributed by atoms with E-state index in [4.69, 9.17) is 9.97 Å². The molecule has 356 valence electrons. The van der Waals surface area contributed by atoms with Crippen molar-refractivity contribution < 1.29 is 26.2 Å². The maximum absolute atomic E-state index is 11.4. The third-order valence-electron chi connectivity index (χ3n) is 13.5. The van der Waals surface area contributed by atoms with Gasteiger partial charge in [-0.25, -0.2) is 0 Å². The number of fused-ring (bicyclic) bond motifs is 3. The summed E-state index contributed by atoms with van der Waals surface area (Å²) in [5.74, 6) is 0.169. The van der Waals surface area contributed by atoms with Crippen molar-refractivity contribution in [1.29, 1.82) is 0 Å². The quantitative estimate of drug-likeness (QED) is 0.146. The summed E-state index contributed by atoms with van der Waals surface area (Å²) < 4.78 is 2.38. The second-order valence-electron chi connectivity index (χ2n) is 20.4. The number of rotatable bonds is 9. The molecule has 0 aliphatic rings. The molecule has 3 heterocycles. The van der Waals surface area contributed by atoms with E-state index >= 15 is 0 Å². The van der Waals surface area contributed by atoms with Crippen LogP contribution in [0.4, 0.5) is 17.1 Å². The number of pyridine rings is 2. The molecule has 3 aromatic heterocycles. The van der Waals surface area contributed by atoms with Gasteiger partial charge in [0, 0.05) is 77.6 Å². The first-order valence-corrected chi connectivity index (χ1v) is 24.4. The summed E-state index contributed by atoms with van der Waals surface area (Å²) in [5, 5.41) is 13.8. The van der Waals surface area contributed by atoms with Gasteiger partial charge in [0.15, 0.2) is 0 Å². The average Bonchev–Trinajstić information content (AvgIpc) is 3.74. The zero-order chi connectivity index (χ0) is 48.9. The fourth-order valence-corrected chi connectivity index (χ4v) is 9.73. The molecular weight excluding hydrogens is 1060 g/mol. The summed E-state index contributed by atoms with van der Waals surface area (Å²) in [5.41, 5.74) is 17.3. The Labute approximate surface area is 437 Å². The molecule has 0 spiro atoms. The van der Waals surface area contributed by atoms with Crippen LogP contribution in [0.1, 0.15) is 52.7 Å². The standard InChI is InChI=1S/C66H55N4O.Pt/c1-65(2,3)49-36-45(37-50(43-49)66(4,5)6)46-41-60(68-61(42-46)58-28-17-19-32-63(58)71)48-35-47(38-54(39-48)69(51-21-10-7-11-22-51)52-23-12-8-13-24-52)59-40-44(33-34-67-59)55-29-20-30-57-56-27-16-18-31-62(56)70(64(55)57)53-25-14-9-15-26-53;/h7-34,36-43,71H,1-6H3;/q-1;. The minimum atomic E-state index is -0.0904. The molecule has 11 aromatic rings. The molecule has 1 N–H and O–H groups in total. The van der Waals surface area contributed by atoms with Crippen molar-refractivity contribution in [1.82, 2.24) is 14.5 Å². The largest absolute Gasteiger partial charge is 0.507 e. The Morgan fingerprint density at radius 1 is 0.458 bits per heavy atom. The van der Waals surface area contributed by atoms with Crippen molar-refractivity contribution in [2.75, 3.05) is 4.90 Å². The molecule has 0 aliphatic heterocycles. The normalized spacial score (nSPS) is 11.7. The molecule has 8 aromatic carbocycles. The summed E-state index contributed by atoms with van der Waals surface area (Å²) in [4.78, 5) is 12.8. The molecule has 0 amide bonds. The van der Waals surface area contributed by atoms with Crippen LogP contribution in [0.2, 0.25) is 0 Å². The van der Waals surface area contributed by atoms with Gasteiger partial charge in [-0.15, -0.1) is 18.2 Å². The van der Waals surface area contributed by atoms with E-state index in [1.54, 1.807) is 6.07 Å². The molecule has 0 fully saturated rings. The van der Waals surface area contributed by atoms with E-state index in [9.17, 15) is 5.11 Å². The summed E-state index contributed by atoms with van der Waals surface area (Å²) in [6.07, 6.45) is 1.91. The summed E-state index contributed by atoms with van der Waals surface area (Å²) >= 11 is 0. The molecule has 0 bridgehead atoms. The zero-order valence-electron chi connectivity index (χ0n) is 41.3. The average molecular weight is 1120 g/mol. The topological polar surface area (TPSA) is 54.2 Å². The first-order valence-electron chi connectivity index (χ1n) is 24.4. The van der Waals surface area contributed by atoms with Crippen LogP contribution >= 0.6 is 0 Å². The molecular formula is C66H55N4OPt-. The summed E-state index contributed by atoms with van der Waals surface area (Å²) in [6.45, 7) is 13.6. The maximum Gasteiger partial charge on any atom is 0.124 e. The van der Waals surface area contributed by atoms with Crippen molar-refractivity contribution in [2.45, 2.75) is 52.4 Å². The summed E-state index contributed by atoms with van der Waals surface area (Å²) in [7, 11) is 0. The Bertz CT molecular complexity index is 3670. The number of hydrogen-bond acceptors (Lipinski definition) is 4. The van der Waals surface area contributed by atoms with Gasteiger partial charge >= 0.3 is 0 Å². The first kappa shape index (κ1) is 47.8. The van der Waals surface area contributed by atoms with Gasteiger partial charge in [0.05, 0.1) is 16.7 Å². The predicted molar refractivity (Wildman–Crippen MR) is 296 cm³/mol. The number of aromatic hydroxyl groups is 1. The van der Waals surface area contributed by atoms with Gasteiger partial charge in [0.1, 0.15) is 5.75 Å². The molecule has 11 rings (SSSR count). The van der Waals surface area contributed by atoms with E-state index in [1.165, 1.54) is 21.9 Å². The van der Waals surface area contributed by atoms with Crippen LogP contribution in [0.5, 0.6) is 5.75 Å². The Kier molecular flexibility index (Phi) is 12.9. The SMILES string of the molecule is CC(C)(C)c1cc(-c2cc(-c3[c-]c(-c4cc(-c5cccc6c7ccccc7n(-c7ccccc7)c56)ccn4)cc(N(c4ccccc4)c4ccccc4)c3)nc(-c3ccccc3O)c2)cc(C(C)(C)C)c1.[Pt]. The van der Waals surface area contributed by atoms with Crippen LogP contribution in [0.25, 0.3) is 83.5 Å². The molecule has 0 saturated carbocycles. The first-order chi connectivity index (χ1) is 34.4. The molecule has 0 radical (unpaired) electrons. The zero-order valence-corrected chi connectivity index (χ0v) is 43.6. The fraction of sp³-hybridized carbons (Fsp3) is 0.121. The number of phenolic OH excluding ortho intramolecular Hbond substituents is 1. The van der Waals surface area contributed by atoms with Gasteiger partial charge in [0.2, 0.25) is 0 Å². The Morgan fingerprint density at radius 2 is 0.986 bits per heavy atom. The van der Waals surface area contributed by atoms with Gasteiger partial charge in [0.25, 0.3) is 0 Å². The second-order valence-corrected chi connectivity index (χ2v) is 20.4. The fourth-order valence-electron chi connectivity index (χ4n) is 9.73. The van der Waals surface area contributed by atoms with E-state index in [-0.39, 0.29) is 37.6 Å². The predicted octanol–water partition coefficient (Wildman–Crippen LogP) is 17.5. The number of nitrogens with zero attached hydrogens (tertiary/aromatic N) is 4. The molecule has 0 unspecified atom stereocenters. The van der Waals surface area contributed by atoms with Crippen molar-refractivity contribution in [3.05, 3.63) is 236 Å². The summed E-state index contributed by atoms with van der Waals surface area (Å²) in [6, 6.07) is 78.0. The van der Waals surface area contributed by atoms with Gasteiger partial charge < -0.3 is 14.6 Å². The minimum absolute atomic E-state index is 0. The molecule has 0 saturated heterocycles. The van der Waals surface area contributed by atoms with Gasteiger partial charge in [-0.05, 0) is 111 Å². The molecule has 6 heteroatoms. The number of phenols is 1. The third-order valence-corrected chi connectivity index (χ3v) is 13.5. The van der Waals surface area contributed by atoms with Crippen molar-refractivity contribution in [2.24, 2.45) is 0 Å². The number of anilines is 3. The van der Waals surface area contributed by atoms with Crippen molar-refractivity contribution >= 4 is 38.9 Å². The van der Waals surface area contributed by atoms with E-state index < -0.39 is 0 Å². The molecule has 72 heavy (non-hydrogen) atoms. The van der Waals surface area contributed by atoms with Crippen LogP contribution in [0.15, 0.2) is 219 Å². The van der Waals surface area contributed by atoms with Crippen LogP contribution in [0.3, 0.4) is 0 Å². The third kappa shape index (κ3) is 9.29. The second kappa shape index (κ2) is 19.4. The smallest absolute Gasteiger partial charge is 0.124 e. The van der Waals surface area contributed by atoms with Gasteiger partial charge in [-0.3, -0.25) is 9.97 Å². The van der Waals surface area contributed by atoms with Crippen molar-refractivity contribution in [3.63, 3.8) is 0 Å². The van der Waals surface area contributed by atoms with E-state index in [0.717, 1.165) is 78.6 Å². The molecule has 0 aliphatic carbocycles. The van der Waals surface area contributed by atoms with Gasteiger partial charge in [-0.1, -0.05) is 186 Å². The minimum Gasteiger partial charge on any atom is -0.507 e. The Morgan fingerprint density at radius 3 is 1.64 bits per heavy atom. The monoisotopic (exact) mass is 1110 g/mol. The van der Waals surface area contributed by atoms with E-state index in [1.807, 2.05) is 36.5 Å². The maximum atomic E-state index is 11.4. The van der Waals surface area contributed by atoms with Crippen LogP contribution in [-0.2, 0) is 31.9 Å². The van der Waals surface area contributed by atoms with E-state index in [2.05, 4.69) is 233 Å². The number of benzene rings is 8. The van der Waals surface area contributed by atoms with Crippen molar-refractivity contribution in [3.8, 4) is 67.5 Å². The number of hydrogen-bond donors (Lipinski definition) is 1. The molecule has 5 nitrogen and oxygen atoms in total. The number of para-hydroxylation sites is 6. The van der Waals surface area contributed by atoms with Gasteiger partial charge in [-0.2, -0.15) is 0 Å². The molecule has 0 atom stereocenters. The Balaban J connectivity index is 0.00000596. The van der Waals surface area contributed by atoms with Crippen LogP contribution < -0.4 is 4.90 Å². The van der Waals surface area contributed by atoms with Crippen LogP contribution in [0, 0.1) is 6.07 Å². The number of aromatic nitrogens is 3. The van der Waals surface area contributed by atoms with E-state index in [0.29, 0.717) is 11.3 Å². The Hall–Kier alpha value is -7.85.